The van der Waals surface area contributed by atoms with Crippen LogP contribution in [0.3, 0.4) is 0 Å². The number of rotatable bonds is 5. The van der Waals surface area contributed by atoms with Crippen LogP contribution < -0.4 is 9.47 Å². The SMILES string of the molecule is COc1ccc(COc2cccc3c2CC2(CCN(C(=O)OC(C)(C)C)CC2)/C3=N/[S+]([O-])C(C)(C)C)cc1. The summed E-state index contributed by atoms with van der Waals surface area (Å²) in [5.74, 6) is 1.63. The van der Waals surface area contributed by atoms with E-state index in [1.807, 2.05) is 77.9 Å². The lowest BCUT2D eigenvalue weighted by Gasteiger charge is -2.39. The maximum Gasteiger partial charge on any atom is 0.410 e. The fraction of sp³-hybridized carbons (Fsp3) is 0.533. The summed E-state index contributed by atoms with van der Waals surface area (Å²) in [5.41, 5.74) is 3.17. The van der Waals surface area contributed by atoms with Crippen LogP contribution in [0.5, 0.6) is 11.5 Å². The van der Waals surface area contributed by atoms with Crippen LogP contribution >= 0.6 is 0 Å². The van der Waals surface area contributed by atoms with Crippen LogP contribution in [0.25, 0.3) is 0 Å². The Bertz CT molecular complexity index is 1170. The Morgan fingerprint density at radius 2 is 1.71 bits per heavy atom. The van der Waals surface area contributed by atoms with Gasteiger partial charge in [0.05, 0.1) is 7.11 Å². The zero-order valence-corrected chi connectivity index (χ0v) is 24.4. The molecule has 1 amide bonds. The molecule has 1 saturated heterocycles. The topological polar surface area (TPSA) is 83.4 Å². The van der Waals surface area contributed by atoms with Crippen molar-refractivity contribution in [3.05, 3.63) is 59.2 Å². The van der Waals surface area contributed by atoms with Crippen molar-refractivity contribution in [1.29, 1.82) is 0 Å². The van der Waals surface area contributed by atoms with Crippen LogP contribution in [0.4, 0.5) is 4.79 Å². The third-order valence-electron chi connectivity index (χ3n) is 7.03. The molecule has 7 nitrogen and oxygen atoms in total. The molecule has 1 unspecified atom stereocenters. The first-order valence-electron chi connectivity index (χ1n) is 13.2. The van der Waals surface area contributed by atoms with E-state index in [4.69, 9.17) is 18.6 Å². The Kier molecular flexibility index (Phi) is 8.05. The van der Waals surface area contributed by atoms with Gasteiger partial charge in [-0.25, -0.2) is 4.79 Å². The molecule has 1 spiro atoms. The van der Waals surface area contributed by atoms with E-state index >= 15 is 0 Å². The van der Waals surface area contributed by atoms with E-state index in [1.165, 1.54) is 0 Å². The Morgan fingerprint density at radius 1 is 1.05 bits per heavy atom. The first-order chi connectivity index (χ1) is 17.8. The standard InChI is InChI=1S/C30H40N2O5S/c1-28(2,3)37-27(33)32-17-15-30(16-18-32)19-24-23(26(30)31-38(34)29(4,5)6)9-8-10-25(24)36-20-21-11-13-22(35-7)14-12-21/h8-14H,15-20H2,1-7H3/b31-26+. The summed E-state index contributed by atoms with van der Waals surface area (Å²) < 4.78 is 34.8. The van der Waals surface area contributed by atoms with Crippen LogP contribution in [-0.2, 0) is 29.1 Å². The number of amides is 1. The van der Waals surface area contributed by atoms with Gasteiger partial charge in [0.2, 0.25) is 0 Å². The van der Waals surface area contributed by atoms with E-state index in [9.17, 15) is 9.35 Å². The van der Waals surface area contributed by atoms with Gasteiger partial charge in [-0.3, -0.25) is 0 Å². The molecule has 0 bridgehead atoms. The van der Waals surface area contributed by atoms with Crippen LogP contribution in [0, 0.1) is 5.41 Å². The summed E-state index contributed by atoms with van der Waals surface area (Å²) in [7, 11) is 1.65. The Labute approximate surface area is 229 Å². The van der Waals surface area contributed by atoms with E-state index in [-0.39, 0.29) is 11.5 Å². The monoisotopic (exact) mass is 540 g/mol. The molecule has 8 heteroatoms. The van der Waals surface area contributed by atoms with E-state index in [0.717, 1.165) is 53.2 Å². The third-order valence-corrected chi connectivity index (χ3v) is 8.43. The number of hydrogen-bond acceptors (Lipinski definition) is 6. The van der Waals surface area contributed by atoms with Crippen LogP contribution in [0.1, 0.15) is 71.1 Å². The van der Waals surface area contributed by atoms with Gasteiger partial charge in [-0.05, 0) is 84.6 Å². The van der Waals surface area contributed by atoms with Gasteiger partial charge in [-0.2, -0.15) is 0 Å². The van der Waals surface area contributed by atoms with E-state index in [1.54, 1.807) is 12.0 Å². The molecule has 0 aromatic heterocycles. The summed E-state index contributed by atoms with van der Waals surface area (Å²) in [6.07, 6.45) is 1.89. The lowest BCUT2D eigenvalue weighted by molar-refractivity contribution is 0.0159. The molecule has 1 atom stereocenters. The van der Waals surface area contributed by atoms with Crippen molar-refractivity contribution in [3.63, 3.8) is 0 Å². The summed E-state index contributed by atoms with van der Waals surface area (Å²) in [4.78, 5) is 14.5. The fourth-order valence-corrected chi connectivity index (χ4v) is 5.65. The molecule has 1 aliphatic heterocycles. The highest BCUT2D eigenvalue weighted by molar-refractivity contribution is 7.91. The predicted octanol–water partition coefficient (Wildman–Crippen LogP) is 6.10. The maximum absolute atomic E-state index is 13.2. The summed E-state index contributed by atoms with van der Waals surface area (Å²) in [6, 6.07) is 13.9. The highest BCUT2D eigenvalue weighted by Crippen LogP contribution is 2.48. The van der Waals surface area contributed by atoms with Crippen LogP contribution in [-0.4, -0.2) is 51.8 Å². The second kappa shape index (κ2) is 10.8. The second-order valence-electron chi connectivity index (χ2n) is 12.1. The number of benzene rings is 2. The second-order valence-corrected chi connectivity index (χ2v) is 14.1. The van der Waals surface area contributed by atoms with Crippen molar-refractivity contribution in [2.24, 2.45) is 9.81 Å². The highest BCUT2D eigenvalue weighted by atomic mass is 32.2. The molecule has 0 saturated carbocycles. The number of fused-ring (bicyclic) bond motifs is 1. The Balaban J connectivity index is 1.61. The number of carbonyl (C=O) groups is 1. The molecular formula is C30H40N2O5S. The van der Waals surface area contributed by atoms with Crippen molar-refractivity contribution in [1.82, 2.24) is 4.90 Å². The van der Waals surface area contributed by atoms with Crippen molar-refractivity contribution in [3.8, 4) is 11.5 Å². The van der Waals surface area contributed by atoms with Gasteiger partial charge in [0.25, 0.3) is 0 Å². The van der Waals surface area contributed by atoms with Crippen LogP contribution in [0.15, 0.2) is 46.9 Å². The van der Waals surface area contributed by atoms with Crippen molar-refractivity contribution >= 4 is 23.2 Å². The smallest absolute Gasteiger partial charge is 0.410 e. The quantitative estimate of drug-likeness (QED) is 0.428. The predicted molar refractivity (Wildman–Crippen MR) is 151 cm³/mol. The zero-order chi connectivity index (χ0) is 27.7. The average Bonchev–Trinajstić information content (AvgIpc) is 3.14. The average molecular weight is 541 g/mol. The zero-order valence-electron chi connectivity index (χ0n) is 23.6. The molecule has 1 heterocycles. The maximum atomic E-state index is 13.2. The number of methoxy groups -OCH3 is 1. The molecule has 1 aliphatic carbocycles. The van der Waals surface area contributed by atoms with Crippen molar-refractivity contribution in [2.45, 2.75) is 77.8 Å². The van der Waals surface area contributed by atoms with Gasteiger partial charge >= 0.3 is 6.09 Å². The molecule has 38 heavy (non-hydrogen) atoms. The molecule has 0 N–H and O–H groups in total. The van der Waals surface area contributed by atoms with E-state index < -0.39 is 21.7 Å². The minimum Gasteiger partial charge on any atom is -0.591 e. The van der Waals surface area contributed by atoms with Crippen molar-refractivity contribution < 1.29 is 23.6 Å². The molecule has 206 valence electrons. The largest absolute Gasteiger partial charge is 0.591 e. The van der Waals surface area contributed by atoms with Gasteiger partial charge in [0.1, 0.15) is 45.5 Å². The van der Waals surface area contributed by atoms with E-state index in [0.29, 0.717) is 19.7 Å². The van der Waals surface area contributed by atoms with E-state index in [2.05, 4.69) is 6.07 Å². The lowest BCUT2D eigenvalue weighted by Crippen LogP contribution is -2.47. The Hall–Kier alpha value is -2.71. The van der Waals surface area contributed by atoms with Gasteiger partial charge in [0, 0.05) is 29.6 Å². The first kappa shape index (κ1) is 28.3. The minimum absolute atomic E-state index is 0.289. The molecule has 2 aliphatic rings. The number of nitrogens with zero attached hydrogens (tertiary/aromatic N) is 2. The molecular weight excluding hydrogens is 500 g/mol. The molecule has 4 rings (SSSR count). The van der Waals surface area contributed by atoms with Crippen LogP contribution in [0.2, 0.25) is 0 Å². The molecule has 2 aromatic rings. The summed E-state index contributed by atoms with van der Waals surface area (Å²) in [5, 5.41) is 0. The van der Waals surface area contributed by atoms with Gasteiger partial charge in [-0.1, -0.05) is 28.7 Å². The third kappa shape index (κ3) is 6.29. The minimum atomic E-state index is -1.41. The van der Waals surface area contributed by atoms with Gasteiger partial charge in [-0.15, -0.1) is 0 Å². The molecule has 0 radical (unpaired) electrons. The highest BCUT2D eigenvalue weighted by Gasteiger charge is 2.49. The normalized spacial score (nSPS) is 18.8. The summed E-state index contributed by atoms with van der Waals surface area (Å²) in [6.45, 7) is 13.0. The first-order valence-corrected chi connectivity index (χ1v) is 14.3. The number of ether oxygens (including phenoxy) is 3. The van der Waals surface area contributed by atoms with Gasteiger partial charge in [0.15, 0.2) is 0 Å². The number of hydrogen-bond donors (Lipinski definition) is 0. The Morgan fingerprint density at radius 3 is 2.29 bits per heavy atom. The summed E-state index contributed by atoms with van der Waals surface area (Å²) >= 11 is -1.41. The molecule has 1 fully saturated rings. The van der Waals surface area contributed by atoms with Gasteiger partial charge < -0.3 is 23.7 Å². The number of piperidine rings is 1. The molecule has 2 aromatic carbocycles. The lowest BCUT2D eigenvalue weighted by atomic mass is 9.74. The number of likely N-dealkylation sites (tertiary alicyclic amines) is 1. The fourth-order valence-electron chi connectivity index (χ4n) is 4.92. The number of carbonyl (C=O) groups excluding carboxylic acids is 1. The van der Waals surface area contributed by atoms with Crippen molar-refractivity contribution in [2.75, 3.05) is 20.2 Å².